The average molecular weight is 443 g/mol. The topological polar surface area (TPSA) is 107 Å². The van der Waals surface area contributed by atoms with Gasteiger partial charge in [-0.1, -0.05) is 26.7 Å². The first-order valence-corrected chi connectivity index (χ1v) is 11.7. The lowest BCUT2D eigenvalue weighted by molar-refractivity contribution is -0.00545. The zero-order valence-corrected chi connectivity index (χ0v) is 19.6. The maximum atomic E-state index is 12.7. The van der Waals surface area contributed by atoms with Crippen LogP contribution in [0.1, 0.15) is 101 Å². The first-order valence-electron chi connectivity index (χ1n) is 10.3. The molecule has 0 aliphatic rings. The van der Waals surface area contributed by atoms with E-state index in [1.807, 2.05) is 13.8 Å². The van der Waals surface area contributed by atoms with Crippen LogP contribution in [-0.2, 0) is 19.6 Å². The number of rotatable bonds is 11. The van der Waals surface area contributed by atoms with E-state index in [1.54, 1.807) is 27.7 Å². The van der Waals surface area contributed by atoms with Crippen LogP contribution in [0.2, 0.25) is 0 Å². The molecule has 0 atom stereocenters. The van der Waals surface area contributed by atoms with Crippen molar-refractivity contribution in [1.29, 1.82) is 0 Å². The third-order valence-electron chi connectivity index (χ3n) is 4.68. The Labute approximate surface area is 179 Å². The number of hydrogen-bond acceptors (Lipinski definition) is 6. The highest BCUT2D eigenvalue weighted by Gasteiger charge is 2.28. The zero-order valence-electron chi connectivity index (χ0n) is 18.8. The van der Waals surface area contributed by atoms with Crippen molar-refractivity contribution in [1.82, 2.24) is 0 Å². The maximum absolute atomic E-state index is 12.7. The van der Waals surface area contributed by atoms with Crippen molar-refractivity contribution in [2.24, 2.45) is 0 Å². The average Bonchev–Trinajstić information content (AvgIpc) is 2.63. The van der Waals surface area contributed by atoms with Crippen molar-refractivity contribution in [3.05, 3.63) is 29.3 Å². The largest absolute Gasteiger partial charge is 0.456 e. The molecule has 30 heavy (non-hydrogen) atoms. The number of carbonyl (C=O) groups is 2. The lowest BCUT2D eigenvalue weighted by Gasteiger charge is -2.26. The van der Waals surface area contributed by atoms with Gasteiger partial charge in [-0.3, -0.25) is 4.55 Å². The monoisotopic (exact) mass is 442 g/mol. The standard InChI is InChI=1S/C22H34O7S/c1-7-9-11-21(3,4)28-19(23)16-13-17(15-18(14-16)30(25,26)27)20(24)29-22(5,6)12-10-8-2/h13-15H,7-12H2,1-6H3,(H,25,26,27). The molecule has 0 radical (unpaired) electrons. The van der Waals surface area contributed by atoms with Crippen LogP contribution < -0.4 is 0 Å². The molecule has 0 spiro atoms. The Balaban J connectivity index is 3.24. The SMILES string of the molecule is CCCCC(C)(C)OC(=O)c1cc(C(=O)OC(C)(C)CCCC)cc(S(=O)(=O)O)c1. The van der Waals surface area contributed by atoms with Gasteiger partial charge in [-0.15, -0.1) is 0 Å². The molecule has 0 amide bonds. The second-order valence-electron chi connectivity index (χ2n) is 8.73. The van der Waals surface area contributed by atoms with Gasteiger partial charge in [0.15, 0.2) is 0 Å². The summed E-state index contributed by atoms with van der Waals surface area (Å²) in [6.07, 6.45) is 4.85. The molecule has 0 aliphatic heterocycles. The fourth-order valence-electron chi connectivity index (χ4n) is 2.91. The van der Waals surface area contributed by atoms with Crippen LogP contribution in [0.15, 0.2) is 23.1 Å². The normalized spacial score (nSPS) is 12.5. The van der Waals surface area contributed by atoms with Gasteiger partial charge in [0, 0.05) is 0 Å². The summed E-state index contributed by atoms with van der Waals surface area (Å²) in [6, 6.07) is 3.21. The van der Waals surface area contributed by atoms with Crippen molar-refractivity contribution in [3.8, 4) is 0 Å². The molecule has 0 heterocycles. The smallest absolute Gasteiger partial charge is 0.338 e. The predicted octanol–water partition coefficient (Wildman–Crippen LogP) is 5.18. The first kappa shape index (κ1) is 26.1. The maximum Gasteiger partial charge on any atom is 0.338 e. The van der Waals surface area contributed by atoms with Gasteiger partial charge < -0.3 is 9.47 Å². The van der Waals surface area contributed by atoms with Gasteiger partial charge in [-0.05, 0) is 71.6 Å². The molecule has 0 saturated heterocycles. The Hall–Kier alpha value is -1.93. The molecule has 0 fully saturated rings. The minimum atomic E-state index is -4.65. The Bertz CT molecular complexity index is 802. The van der Waals surface area contributed by atoms with E-state index in [9.17, 15) is 22.6 Å². The van der Waals surface area contributed by atoms with Crippen molar-refractivity contribution >= 4 is 22.1 Å². The number of hydrogen-bond donors (Lipinski definition) is 1. The summed E-state index contributed by atoms with van der Waals surface area (Å²) in [5, 5.41) is 0. The fraction of sp³-hybridized carbons (Fsp3) is 0.636. The fourth-order valence-corrected chi connectivity index (χ4v) is 3.46. The molecule has 170 valence electrons. The zero-order chi connectivity index (χ0) is 23.2. The van der Waals surface area contributed by atoms with Crippen LogP contribution in [-0.4, -0.2) is 36.1 Å². The van der Waals surface area contributed by atoms with E-state index in [1.165, 1.54) is 6.07 Å². The summed E-state index contributed by atoms with van der Waals surface area (Å²) in [5.74, 6) is -1.55. The number of unbranched alkanes of at least 4 members (excludes halogenated alkanes) is 2. The number of esters is 2. The van der Waals surface area contributed by atoms with Gasteiger partial charge in [0.25, 0.3) is 10.1 Å². The van der Waals surface area contributed by atoms with Crippen molar-refractivity contribution in [3.63, 3.8) is 0 Å². The van der Waals surface area contributed by atoms with E-state index in [-0.39, 0.29) is 11.1 Å². The van der Waals surface area contributed by atoms with Gasteiger partial charge in [-0.2, -0.15) is 8.42 Å². The molecule has 8 heteroatoms. The van der Waals surface area contributed by atoms with Crippen LogP contribution in [0.25, 0.3) is 0 Å². The molecule has 1 aromatic carbocycles. The Kier molecular flexibility index (Phi) is 9.05. The van der Waals surface area contributed by atoms with Crippen LogP contribution in [0, 0.1) is 0 Å². The molecule has 1 aromatic rings. The summed E-state index contributed by atoms with van der Waals surface area (Å²) in [4.78, 5) is 24.7. The van der Waals surface area contributed by atoms with E-state index < -0.39 is 38.2 Å². The number of carbonyl (C=O) groups excluding carboxylic acids is 2. The number of benzene rings is 1. The molecule has 0 aromatic heterocycles. The molecule has 0 aliphatic carbocycles. The molecule has 7 nitrogen and oxygen atoms in total. The van der Waals surface area contributed by atoms with Gasteiger partial charge in [0.05, 0.1) is 16.0 Å². The van der Waals surface area contributed by atoms with Crippen LogP contribution >= 0.6 is 0 Å². The molecule has 1 rings (SSSR count). The predicted molar refractivity (Wildman–Crippen MR) is 114 cm³/mol. The highest BCUT2D eigenvalue weighted by Crippen LogP contribution is 2.25. The molecular weight excluding hydrogens is 408 g/mol. The van der Waals surface area contributed by atoms with Crippen LogP contribution in [0.3, 0.4) is 0 Å². The molecular formula is C22H34O7S. The lowest BCUT2D eigenvalue weighted by Crippen LogP contribution is -2.29. The van der Waals surface area contributed by atoms with E-state index >= 15 is 0 Å². The second kappa shape index (κ2) is 10.4. The third kappa shape index (κ3) is 8.44. The highest BCUT2D eigenvalue weighted by atomic mass is 32.2. The molecule has 1 N–H and O–H groups in total. The highest BCUT2D eigenvalue weighted by molar-refractivity contribution is 7.85. The van der Waals surface area contributed by atoms with Crippen molar-refractivity contribution in [2.75, 3.05) is 0 Å². The Morgan fingerprint density at radius 3 is 1.50 bits per heavy atom. The third-order valence-corrected chi connectivity index (χ3v) is 5.51. The Morgan fingerprint density at radius 1 is 0.833 bits per heavy atom. The van der Waals surface area contributed by atoms with Gasteiger partial charge in [-0.25, -0.2) is 9.59 Å². The molecule has 0 bridgehead atoms. The summed E-state index contributed by atoms with van der Waals surface area (Å²) < 4.78 is 43.9. The van der Waals surface area contributed by atoms with E-state index in [4.69, 9.17) is 9.47 Å². The van der Waals surface area contributed by atoms with E-state index in [2.05, 4.69) is 0 Å². The minimum Gasteiger partial charge on any atom is -0.456 e. The van der Waals surface area contributed by atoms with Gasteiger partial charge in [0.1, 0.15) is 11.2 Å². The van der Waals surface area contributed by atoms with Crippen LogP contribution in [0.5, 0.6) is 0 Å². The molecule has 0 saturated carbocycles. The summed E-state index contributed by atoms with van der Waals surface area (Å²) in [5.41, 5.74) is -1.81. The number of ether oxygens (including phenoxy) is 2. The summed E-state index contributed by atoms with van der Waals surface area (Å²) in [6.45, 7) is 11.1. The van der Waals surface area contributed by atoms with E-state index in [0.29, 0.717) is 12.8 Å². The second-order valence-corrected chi connectivity index (χ2v) is 10.1. The summed E-state index contributed by atoms with van der Waals surface area (Å²) >= 11 is 0. The minimum absolute atomic E-state index is 0.145. The van der Waals surface area contributed by atoms with Crippen molar-refractivity contribution in [2.45, 2.75) is 96.2 Å². The van der Waals surface area contributed by atoms with Crippen LogP contribution in [0.4, 0.5) is 0 Å². The van der Waals surface area contributed by atoms with Gasteiger partial charge in [0.2, 0.25) is 0 Å². The van der Waals surface area contributed by atoms with Gasteiger partial charge >= 0.3 is 11.9 Å². The van der Waals surface area contributed by atoms with E-state index in [0.717, 1.165) is 37.8 Å². The van der Waals surface area contributed by atoms with Crippen molar-refractivity contribution < 1.29 is 32.0 Å². The first-order chi connectivity index (χ1) is 13.7. The quantitative estimate of drug-likeness (QED) is 0.371. The summed E-state index contributed by atoms with van der Waals surface area (Å²) in [7, 11) is -4.65. The molecule has 0 unspecified atom stereocenters. The Morgan fingerprint density at radius 2 is 1.20 bits per heavy atom. The lowest BCUT2D eigenvalue weighted by atomic mass is 10.0.